The molecule has 0 heterocycles. The zero-order chi connectivity index (χ0) is 10.6. The summed E-state index contributed by atoms with van der Waals surface area (Å²) < 4.78 is 0. The summed E-state index contributed by atoms with van der Waals surface area (Å²) in [6, 6.07) is -0.366. The lowest BCUT2D eigenvalue weighted by molar-refractivity contribution is -0.130. The van der Waals surface area contributed by atoms with Crippen molar-refractivity contribution in [2.45, 2.75) is 40.7 Å². The minimum absolute atomic E-state index is 0.0255. The summed E-state index contributed by atoms with van der Waals surface area (Å²) in [5, 5.41) is 2.67. The lowest BCUT2D eigenvalue weighted by Gasteiger charge is -2.16. The predicted octanol–water partition coefficient (Wildman–Crippen LogP) is 1.37. The van der Waals surface area contributed by atoms with Gasteiger partial charge in [-0.05, 0) is 6.92 Å². The lowest BCUT2D eigenvalue weighted by Crippen LogP contribution is -2.42. The summed E-state index contributed by atoms with van der Waals surface area (Å²) in [4.78, 5) is 22.6. The van der Waals surface area contributed by atoms with Gasteiger partial charge in [-0.1, -0.05) is 27.7 Å². The monoisotopic (exact) mass is 187 g/mol. The molecule has 0 aromatic carbocycles. The van der Waals surface area contributed by atoms with Crippen molar-refractivity contribution < 1.29 is 9.59 Å². The van der Waals surface area contributed by atoms with Crippen molar-refractivity contribution in [3.63, 3.8) is 0 Å². The number of carbonyl (C=O) groups excluding carboxylic acids is 2. The third-order valence-electron chi connectivity index (χ3n) is 1.88. The van der Waals surface area contributed by atoms with E-state index in [1.165, 1.54) is 0 Å². The summed E-state index contributed by atoms with van der Waals surface area (Å²) >= 11 is 0. The highest BCUT2D eigenvalue weighted by Gasteiger charge is 2.19. The van der Waals surface area contributed by atoms with E-state index in [4.69, 9.17) is 0 Å². The van der Waals surface area contributed by atoms with Crippen molar-refractivity contribution in [2.24, 2.45) is 11.8 Å². The van der Waals surface area contributed by atoms with Crippen molar-refractivity contribution in [1.82, 2.24) is 5.32 Å². The molecule has 0 saturated carbocycles. The van der Waals surface area contributed by atoms with Gasteiger partial charge in [-0.25, -0.2) is 0 Å². The standard InChI is InChI=1S/C10H19NO2/c1-6(2)9(12)8(5)11-10(13)7(3)4/h6-8H,1-5H3,(H,11,13)/i13+2. The Kier molecular flexibility index (Phi) is 4.67. The maximum absolute atomic E-state index is 11.4. The second-order valence-corrected chi connectivity index (χ2v) is 3.94. The molecule has 0 aliphatic heterocycles. The number of rotatable bonds is 4. The van der Waals surface area contributed by atoms with E-state index in [1.54, 1.807) is 6.92 Å². The minimum atomic E-state index is -0.366. The summed E-state index contributed by atoms with van der Waals surface area (Å²) in [6.45, 7) is 9.01. The Morgan fingerprint density at radius 3 is 1.85 bits per heavy atom. The zero-order valence-corrected chi connectivity index (χ0v) is 9.05. The fourth-order valence-electron chi connectivity index (χ4n) is 0.951. The van der Waals surface area contributed by atoms with Gasteiger partial charge < -0.3 is 5.32 Å². The average Bonchev–Trinajstić information content (AvgIpc) is 2.02. The van der Waals surface area contributed by atoms with Crippen LogP contribution in [0.1, 0.15) is 34.6 Å². The molecule has 0 spiro atoms. The molecular weight excluding hydrogens is 168 g/mol. The molecule has 3 nitrogen and oxygen atoms in total. The van der Waals surface area contributed by atoms with E-state index in [0.717, 1.165) is 0 Å². The van der Waals surface area contributed by atoms with Crippen molar-refractivity contribution >= 4 is 11.7 Å². The van der Waals surface area contributed by atoms with Crippen LogP contribution in [-0.4, -0.2) is 17.7 Å². The van der Waals surface area contributed by atoms with E-state index >= 15 is 0 Å². The first-order chi connectivity index (χ1) is 5.86. The average molecular weight is 187 g/mol. The quantitative estimate of drug-likeness (QED) is 0.676. The smallest absolute Gasteiger partial charge is 0.223 e. The third-order valence-corrected chi connectivity index (χ3v) is 1.88. The van der Waals surface area contributed by atoms with Crippen LogP contribution in [0.15, 0.2) is 0 Å². The molecule has 0 saturated heterocycles. The number of nitrogens with one attached hydrogen (secondary N) is 1. The van der Waals surface area contributed by atoms with Crippen molar-refractivity contribution in [2.75, 3.05) is 0 Å². The van der Waals surface area contributed by atoms with Crippen LogP contribution in [0.4, 0.5) is 0 Å². The van der Waals surface area contributed by atoms with Crippen LogP contribution in [0.5, 0.6) is 0 Å². The molecule has 1 unspecified atom stereocenters. The molecule has 1 amide bonds. The van der Waals surface area contributed by atoms with Gasteiger partial charge in [0.15, 0.2) is 5.78 Å². The second-order valence-electron chi connectivity index (χ2n) is 3.94. The molecule has 0 aliphatic rings. The molecule has 13 heavy (non-hydrogen) atoms. The maximum atomic E-state index is 11.4. The van der Waals surface area contributed by atoms with Crippen LogP contribution in [-0.2, 0) is 9.59 Å². The Labute approximate surface area is 79.9 Å². The Morgan fingerprint density at radius 2 is 1.54 bits per heavy atom. The Hall–Kier alpha value is -0.860. The first-order valence-corrected chi connectivity index (χ1v) is 4.70. The highest BCUT2D eigenvalue weighted by Crippen LogP contribution is 2.00. The van der Waals surface area contributed by atoms with E-state index in [2.05, 4.69) is 5.32 Å². The van der Waals surface area contributed by atoms with Crippen LogP contribution in [0.25, 0.3) is 0 Å². The molecule has 3 heteroatoms. The zero-order valence-electron chi connectivity index (χ0n) is 9.05. The van der Waals surface area contributed by atoms with Gasteiger partial charge in [0.05, 0.1) is 6.04 Å². The molecule has 0 aliphatic carbocycles. The Morgan fingerprint density at radius 1 is 1.08 bits per heavy atom. The molecule has 1 atom stereocenters. The summed E-state index contributed by atoms with van der Waals surface area (Å²) in [6.07, 6.45) is 0. The summed E-state index contributed by atoms with van der Waals surface area (Å²) in [5.41, 5.74) is 0. The van der Waals surface area contributed by atoms with Crippen LogP contribution >= 0.6 is 0 Å². The number of carbonyl (C=O) groups is 2. The van der Waals surface area contributed by atoms with Crippen molar-refractivity contribution in [1.29, 1.82) is 0 Å². The minimum Gasteiger partial charge on any atom is -0.346 e. The van der Waals surface area contributed by atoms with Crippen LogP contribution in [0, 0.1) is 11.8 Å². The van der Waals surface area contributed by atoms with E-state index in [1.807, 2.05) is 27.7 Å². The molecular formula is C10H19NO2. The van der Waals surface area contributed by atoms with Crippen LogP contribution in [0.2, 0.25) is 0 Å². The van der Waals surface area contributed by atoms with E-state index < -0.39 is 0 Å². The second kappa shape index (κ2) is 5.00. The Balaban J connectivity index is 4.08. The van der Waals surface area contributed by atoms with Gasteiger partial charge in [0.25, 0.3) is 0 Å². The third kappa shape index (κ3) is 4.06. The largest absolute Gasteiger partial charge is 0.346 e. The Bertz CT molecular complexity index is 197. The van der Waals surface area contributed by atoms with Gasteiger partial charge >= 0.3 is 0 Å². The molecule has 0 rings (SSSR count). The number of ketones is 1. The predicted molar refractivity (Wildman–Crippen MR) is 52.3 cm³/mol. The highest BCUT2D eigenvalue weighted by atomic mass is 18.1. The van der Waals surface area contributed by atoms with Crippen molar-refractivity contribution in [3.05, 3.63) is 0 Å². The van der Waals surface area contributed by atoms with E-state index in [9.17, 15) is 9.59 Å². The SMILES string of the molecule is CC(C)C(=O)C(C)NC(=[18O])C(C)C. The number of hydrogen-bond acceptors (Lipinski definition) is 2. The van der Waals surface area contributed by atoms with Gasteiger partial charge in [0.1, 0.15) is 0 Å². The molecule has 0 fully saturated rings. The molecule has 76 valence electrons. The molecule has 0 aromatic heterocycles. The van der Waals surface area contributed by atoms with Gasteiger partial charge in [-0.15, -0.1) is 0 Å². The summed E-state index contributed by atoms with van der Waals surface area (Å²) in [5.74, 6) is -0.0830. The fourth-order valence-corrected chi connectivity index (χ4v) is 0.951. The van der Waals surface area contributed by atoms with Crippen LogP contribution in [0.3, 0.4) is 0 Å². The number of hydrogen-bond donors (Lipinski definition) is 1. The normalized spacial score (nSPS) is 13.2. The topological polar surface area (TPSA) is 46.2 Å². The van der Waals surface area contributed by atoms with E-state index in [-0.39, 0.29) is 29.6 Å². The molecule has 0 radical (unpaired) electrons. The van der Waals surface area contributed by atoms with Gasteiger partial charge in [0, 0.05) is 11.8 Å². The number of amides is 1. The molecule has 0 bridgehead atoms. The van der Waals surface area contributed by atoms with E-state index in [0.29, 0.717) is 0 Å². The summed E-state index contributed by atoms with van der Waals surface area (Å²) in [7, 11) is 0. The lowest BCUT2D eigenvalue weighted by atomic mass is 10.0. The number of Topliss-reactive ketones (excluding diaryl/α,β-unsaturated/α-hetero) is 1. The van der Waals surface area contributed by atoms with Gasteiger partial charge in [-0.2, -0.15) is 0 Å². The maximum Gasteiger partial charge on any atom is 0.223 e. The molecule has 0 aromatic rings. The first kappa shape index (κ1) is 12.1. The fraction of sp³-hybridized carbons (Fsp3) is 0.800. The van der Waals surface area contributed by atoms with Gasteiger partial charge in [-0.3, -0.25) is 9.59 Å². The van der Waals surface area contributed by atoms with Crippen LogP contribution < -0.4 is 5.32 Å². The van der Waals surface area contributed by atoms with Gasteiger partial charge in [0.2, 0.25) is 5.91 Å². The first-order valence-electron chi connectivity index (χ1n) is 4.70. The van der Waals surface area contributed by atoms with Crippen molar-refractivity contribution in [3.8, 4) is 0 Å². The molecule has 1 N–H and O–H groups in total. The highest BCUT2D eigenvalue weighted by molar-refractivity contribution is 5.90.